The van der Waals surface area contributed by atoms with E-state index in [0.717, 1.165) is 54.8 Å². The largest absolute Gasteiger partial charge is 0.394 e. The highest BCUT2D eigenvalue weighted by Crippen LogP contribution is 2.67. The number of hydrogen-bond donors (Lipinski definition) is 4. The summed E-state index contributed by atoms with van der Waals surface area (Å²) in [5.41, 5.74) is 2.20. The summed E-state index contributed by atoms with van der Waals surface area (Å²) in [6.45, 7) is 12.0. The van der Waals surface area contributed by atoms with Gasteiger partial charge in [0.25, 0.3) is 0 Å². The van der Waals surface area contributed by atoms with Gasteiger partial charge in [0, 0.05) is 0 Å². The number of hydrogen-bond acceptors (Lipinski definition) is 6. The van der Waals surface area contributed by atoms with E-state index in [2.05, 4.69) is 40.7 Å². The lowest BCUT2D eigenvalue weighted by molar-refractivity contribution is -0.313. The zero-order valence-electron chi connectivity index (χ0n) is 25.1. The minimum atomic E-state index is -1.39. The molecule has 1 heterocycles. The lowest BCUT2D eigenvalue weighted by atomic mass is 9.47. The van der Waals surface area contributed by atoms with Crippen LogP contribution in [0.4, 0.5) is 0 Å². The molecular weight excluding hydrogens is 492 g/mol. The third-order valence-electron chi connectivity index (χ3n) is 12.4. The van der Waals surface area contributed by atoms with E-state index in [1.165, 1.54) is 56.9 Å². The van der Waals surface area contributed by atoms with Gasteiger partial charge in [-0.15, -0.1) is 0 Å². The lowest BCUT2D eigenvalue weighted by Gasteiger charge is -2.58. The molecule has 6 heteroatoms. The fraction of sp³-hybridized carbons (Fsp3) is 0.939. The van der Waals surface area contributed by atoms with Crippen molar-refractivity contribution < 1.29 is 29.9 Å². The van der Waals surface area contributed by atoms with Crippen LogP contribution in [0.15, 0.2) is 11.6 Å². The van der Waals surface area contributed by atoms with Crippen molar-refractivity contribution >= 4 is 0 Å². The van der Waals surface area contributed by atoms with Crippen LogP contribution in [0.2, 0.25) is 0 Å². The van der Waals surface area contributed by atoms with Gasteiger partial charge in [0.15, 0.2) is 6.29 Å². The van der Waals surface area contributed by atoms with Crippen LogP contribution in [0.25, 0.3) is 0 Å². The Kier molecular flexibility index (Phi) is 8.95. The van der Waals surface area contributed by atoms with Gasteiger partial charge in [-0.2, -0.15) is 0 Å². The van der Waals surface area contributed by atoms with Crippen molar-refractivity contribution in [1.82, 2.24) is 0 Å². The average Bonchev–Trinajstić information content (AvgIpc) is 3.26. The van der Waals surface area contributed by atoms with E-state index in [1.54, 1.807) is 0 Å². The number of rotatable bonds is 8. The predicted octanol–water partition coefficient (Wildman–Crippen LogP) is 5.21. The Hall–Kier alpha value is -0.500. The SMILES string of the molecule is CC(C)CCC[C@@H](C)[C@H]1CCC2C3CC=C4CC(O[C@H]5O[C@H](CO)[C@@H](O)[C@H](O)[C@H]5O)CC[C@]4(C)C3CC[C@@]21C. The van der Waals surface area contributed by atoms with Crippen LogP contribution in [-0.4, -0.2) is 63.8 Å². The minimum absolute atomic E-state index is 0.0984. The van der Waals surface area contributed by atoms with Crippen LogP contribution in [0.5, 0.6) is 0 Å². The molecule has 4 aliphatic carbocycles. The normalized spacial score (nSPS) is 48.7. The van der Waals surface area contributed by atoms with Crippen LogP contribution < -0.4 is 0 Å². The van der Waals surface area contributed by atoms with Gasteiger partial charge in [0.1, 0.15) is 24.4 Å². The highest BCUT2D eigenvalue weighted by molar-refractivity contribution is 5.25. The van der Waals surface area contributed by atoms with Gasteiger partial charge in [0.2, 0.25) is 0 Å². The molecule has 13 atom stereocenters. The van der Waals surface area contributed by atoms with Gasteiger partial charge >= 0.3 is 0 Å². The van der Waals surface area contributed by atoms with Crippen molar-refractivity contribution in [2.75, 3.05) is 6.61 Å². The van der Waals surface area contributed by atoms with Gasteiger partial charge < -0.3 is 29.9 Å². The first kappa shape index (κ1) is 30.0. The van der Waals surface area contributed by atoms with E-state index >= 15 is 0 Å². The summed E-state index contributed by atoms with van der Waals surface area (Å²) in [7, 11) is 0. The molecule has 0 aromatic rings. The number of aliphatic hydroxyl groups excluding tert-OH is 4. The van der Waals surface area contributed by atoms with Crippen LogP contribution >= 0.6 is 0 Å². The maximum atomic E-state index is 10.5. The molecule has 0 aromatic carbocycles. The Morgan fingerprint density at radius 2 is 1.72 bits per heavy atom. The summed E-state index contributed by atoms with van der Waals surface area (Å²) in [5, 5.41) is 40.3. The Balaban J connectivity index is 1.24. The Bertz CT molecular complexity index is 872. The number of aliphatic hydroxyl groups is 4. The molecule has 1 saturated heterocycles. The number of allylic oxidation sites excluding steroid dienone is 1. The fourth-order valence-electron chi connectivity index (χ4n) is 10.1. The summed E-state index contributed by atoms with van der Waals surface area (Å²) < 4.78 is 11.9. The van der Waals surface area contributed by atoms with Gasteiger partial charge in [-0.1, -0.05) is 65.5 Å². The van der Waals surface area contributed by atoms with E-state index in [-0.39, 0.29) is 11.5 Å². The maximum Gasteiger partial charge on any atom is 0.186 e. The second-order valence-electron chi connectivity index (χ2n) is 15.0. The summed E-state index contributed by atoms with van der Waals surface area (Å²) in [5.74, 6) is 4.87. The Morgan fingerprint density at radius 3 is 2.44 bits per heavy atom. The molecule has 0 spiro atoms. The standard InChI is InChI=1S/C33H56O6/c1-19(2)7-6-8-20(3)24-11-12-25-23-10-9-21-17-22(13-15-32(21,4)26(23)14-16-33(24,25)5)38-31-30(37)29(36)28(35)27(18-34)39-31/h9,19-20,22-31,34-37H,6-8,10-18H2,1-5H3/t20-,22?,23?,24-,25?,26?,27-,28-,29+,30-,31+,32+,33-/m1/s1. The Morgan fingerprint density at radius 1 is 0.949 bits per heavy atom. The first-order chi connectivity index (χ1) is 18.5. The zero-order chi connectivity index (χ0) is 28.1. The van der Waals surface area contributed by atoms with Crippen LogP contribution in [0, 0.1) is 46.3 Å². The van der Waals surface area contributed by atoms with Gasteiger partial charge in [-0.25, -0.2) is 0 Å². The third-order valence-corrected chi connectivity index (χ3v) is 12.4. The topological polar surface area (TPSA) is 99.4 Å². The monoisotopic (exact) mass is 548 g/mol. The fourth-order valence-corrected chi connectivity index (χ4v) is 10.1. The number of ether oxygens (including phenoxy) is 2. The zero-order valence-corrected chi connectivity index (χ0v) is 25.1. The van der Waals surface area contributed by atoms with E-state index in [0.29, 0.717) is 5.41 Å². The van der Waals surface area contributed by atoms with Crippen LogP contribution in [0.3, 0.4) is 0 Å². The summed E-state index contributed by atoms with van der Waals surface area (Å²) in [4.78, 5) is 0. The first-order valence-corrected chi connectivity index (χ1v) is 16.1. The Labute approximate surface area is 236 Å². The lowest BCUT2D eigenvalue weighted by Crippen LogP contribution is -2.60. The molecule has 224 valence electrons. The van der Waals surface area contributed by atoms with Crippen molar-refractivity contribution in [1.29, 1.82) is 0 Å². The van der Waals surface area contributed by atoms with Crippen molar-refractivity contribution in [3.05, 3.63) is 11.6 Å². The second-order valence-corrected chi connectivity index (χ2v) is 15.0. The molecule has 6 nitrogen and oxygen atoms in total. The molecule has 0 bridgehead atoms. The molecule has 4 unspecified atom stereocenters. The maximum absolute atomic E-state index is 10.5. The van der Waals surface area contributed by atoms with Gasteiger partial charge in [-0.05, 0) is 97.7 Å². The van der Waals surface area contributed by atoms with Crippen molar-refractivity contribution in [3.63, 3.8) is 0 Å². The van der Waals surface area contributed by atoms with E-state index in [9.17, 15) is 20.4 Å². The molecule has 39 heavy (non-hydrogen) atoms. The molecule has 0 amide bonds. The highest BCUT2D eigenvalue weighted by atomic mass is 16.7. The van der Waals surface area contributed by atoms with E-state index in [4.69, 9.17) is 9.47 Å². The predicted molar refractivity (Wildman–Crippen MR) is 152 cm³/mol. The molecule has 0 radical (unpaired) electrons. The summed E-state index contributed by atoms with van der Waals surface area (Å²) >= 11 is 0. The molecule has 4 fully saturated rings. The van der Waals surface area contributed by atoms with Gasteiger partial charge in [-0.3, -0.25) is 0 Å². The molecule has 5 aliphatic rings. The van der Waals surface area contributed by atoms with E-state index < -0.39 is 37.3 Å². The van der Waals surface area contributed by atoms with Crippen LogP contribution in [-0.2, 0) is 9.47 Å². The third kappa shape index (κ3) is 5.41. The second kappa shape index (κ2) is 11.6. The van der Waals surface area contributed by atoms with Gasteiger partial charge in [0.05, 0.1) is 12.7 Å². The van der Waals surface area contributed by atoms with Crippen molar-refractivity contribution in [2.24, 2.45) is 46.3 Å². The average molecular weight is 549 g/mol. The molecule has 1 aliphatic heterocycles. The smallest absolute Gasteiger partial charge is 0.186 e. The first-order valence-electron chi connectivity index (χ1n) is 16.1. The number of fused-ring (bicyclic) bond motifs is 5. The molecule has 3 saturated carbocycles. The molecular formula is C33H56O6. The minimum Gasteiger partial charge on any atom is -0.394 e. The summed E-state index contributed by atoms with van der Waals surface area (Å²) in [6.07, 6.45) is 9.98. The highest BCUT2D eigenvalue weighted by Gasteiger charge is 2.59. The van der Waals surface area contributed by atoms with E-state index in [1.807, 2.05) is 0 Å². The van der Waals surface area contributed by atoms with Crippen molar-refractivity contribution in [3.8, 4) is 0 Å². The molecule has 5 rings (SSSR count). The van der Waals surface area contributed by atoms with Crippen molar-refractivity contribution in [2.45, 2.75) is 142 Å². The summed E-state index contributed by atoms with van der Waals surface area (Å²) in [6, 6.07) is 0. The molecule has 4 N–H and O–H groups in total. The quantitative estimate of drug-likeness (QED) is 0.311. The molecule has 0 aromatic heterocycles. The van der Waals surface area contributed by atoms with Crippen LogP contribution in [0.1, 0.15) is 105 Å².